The summed E-state index contributed by atoms with van der Waals surface area (Å²) in [5.74, 6) is -0.440. The van der Waals surface area contributed by atoms with E-state index in [1.54, 1.807) is 0 Å². The van der Waals surface area contributed by atoms with Crippen molar-refractivity contribution < 1.29 is 4.39 Å². The van der Waals surface area contributed by atoms with Crippen LogP contribution in [0.4, 0.5) is 4.39 Å². The summed E-state index contributed by atoms with van der Waals surface area (Å²) in [6.45, 7) is 0. The largest absolute Gasteiger partial charge is 0.228 e. The Morgan fingerprint density at radius 2 is 2.00 bits per heavy atom. The van der Waals surface area contributed by atoms with E-state index in [0.29, 0.717) is 0 Å². The number of aromatic nitrogens is 1. The van der Waals surface area contributed by atoms with E-state index in [2.05, 4.69) is 20.9 Å². The predicted molar refractivity (Wildman–Crippen MR) is 49.4 cm³/mol. The maximum absolute atomic E-state index is 12.6. The molecule has 0 N–H and O–H groups in total. The average molecular weight is 226 g/mol. The first-order chi connectivity index (χ1) is 5.75. The van der Waals surface area contributed by atoms with Gasteiger partial charge in [0.1, 0.15) is 0 Å². The molecule has 1 aromatic carbocycles. The fraction of sp³-hybridized carbons (Fsp3) is 0. The minimum absolute atomic E-state index is 0.440. The lowest BCUT2D eigenvalue weighted by Crippen LogP contribution is -1.81. The van der Waals surface area contributed by atoms with Gasteiger partial charge in [-0.1, -0.05) is 22.0 Å². The van der Waals surface area contributed by atoms with Crippen molar-refractivity contribution in [1.82, 2.24) is 4.98 Å². The van der Waals surface area contributed by atoms with E-state index in [9.17, 15) is 4.39 Å². The van der Waals surface area contributed by atoms with E-state index >= 15 is 0 Å². The van der Waals surface area contributed by atoms with E-state index in [0.717, 1.165) is 15.2 Å². The Morgan fingerprint density at radius 3 is 2.83 bits per heavy atom. The quantitative estimate of drug-likeness (QED) is 0.629. The number of pyridine rings is 1. The summed E-state index contributed by atoms with van der Waals surface area (Å²) >= 11 is 3.33. The standard InChI is InChI=1S/C9H5BrFN/c10-8-2-1-6-4-9(11)12-5-7(6)3-8/h1-5H. The van der Waals surface area contributed by atoms with Crippen molar-refractivity contribution in [2.75, 3.05) is 0 Å². The third-order valence-corrected chi connectivity index (χ3v) is 2.14. The van der Waals surface area contributed by atoms with Crippen LogP contribution in [0.2, 0.25) is 0 Å². The monoisotopic (exact) mass is 225 g/mol. The molecule has 0 aliphatic rings. The molecule has 0 fully saturated rings. The van der Waals surface area contributed by atoms with Gasteiger partial charge in [-0.25, -0.2) is 4.98 Å². The van der Waals surface area contributed by atoms with Crippen molar-refractivity contribution in [2.45, 2.75) is 0 Å². The number of hydrogen-bond acceptors (Lipinski definition) is 1. The van der Waals surface area contributed by atoms with Gasteiger partial charge in [-0.3, -0.25) is 0 Å². The van der Waals surface area contributed by atoms with Crippen LogP contribution >= 0.6 is 15.9 Å². The first kappa shape index (κ1) is 7.68. The van der Waals surface area contributed by atoms with Crippen LogP contribution in [0.15, 0.2) is 34.9 Å². The Bertz CT molecular complexity index is 387. The number of benzene rings is 1. The molecule has 1 heterocycles. The van der Waals surface area contributed by atoms with Gasteiger partial charge in [-0.05, 0) is 17.5 Å². The second kappa shape index (κ2) is 2.83. The predicted octanol–water partition coefficient (Wildman–Crippen LogP) is 3.14. The van der Waals surface area contributed by atoms with E-state index in [1.165, 1.54) is 12.3 Å². The Labute approximate surface area is 77.4 Å². The first-order valence-electron chi connectivity index (χ1n) is 3.46. The number of halogens is 2. The lowest BCUT2D eigenvalue weighted by Gasteiger charge is -1.96. The molecule has 0 atom stereocenters. The summed E-state index contributed by atoms with van der Waals surface area (Å²) in [6, 6.07) is 7.05. The van der Waals surface area contributed by atoms with Gasteiger partial charge in [0, 0.05) is 22.1 Å². The molecule has 0 unspecified atom stereocenters. The lowest BCUT2D eigenvalue weighted by atomic mass is 10.2. The molecule has 0 saturated carbocycles. The highest BCUT2D eigenvalue weighted by Gasteiger charge is 1.96. The van der Waals surface area contributed by atoms with Crippen LogP contribution in [-0.4, -0.2) is 4.98 Å². The number of rotatable bonds is 0. The van der Waals surface area contributed by atoms with Gasteiger partial charge in [-0.15, -0.1) is 0 Å². The summed E-state index contributed by atoms with van der Waals surface area (Å²) in [6.07, 6.45) is 1.52. The van der Waals surface area contributed by atoms with Crippen molar-refractivity contribution in [3.63, 3.8) is 0 Å². The maximum Gasteiger partial charge on any atom is 0.213 e. The molecule has 0 aliphatic carbocycles. The molecule has 1 aromatic heterocycles. The van der Waals surface area contributed by atoms with Crippen LogP contribution in [0.5, 0.6) is 0 Å². The van der Waals surface area contributed by atoms with Crippen LogP contribution in [0.25, 0.3) is 10.8 Å². The summed E-state index contributed by atoms with van der Waals surface area (Å²) < 4.78 is 13.6. The summed E-state index contributed by atoms with van der Waals surface area (Å²) in [5.41, 5.74) is 0. The number of hydrogen-bond donors (Lipinski definition) is 0. The molecule has 2 rings (SSSR count). The highest BCUT2D eigenvalue weighted by Crippen LogP contribution is 2.18. The smallest absolute Gasteiger partial charge is 0.213 e. The zero-order valence-electron chi connectivity index (χ0n) is 6.09. The lowest BCUT2D eigenvalue weighted by molar-refractivity contribution is 0.586. The molecule has 2 aromatic rings. The topological polar surface area (TPSA) is 12.9 Å². The minimum Gasteiger partial charge on any atom is -0.228 e. The van der Waals surface area contributed by atoms with E-state index in [4.69, 9.17) is 0 Å². The molecule has 3 heteroatoms. The molecule has 12 heavy (non-hydrogen) atoms. The molecule has 0 bridgehead atoms. The molecule has 0 amide bonds. The van der Waals surface area contributed by atoms with Gasteiger partial charge in [0.15, 0.2) is 0 Å². The molecule has 0 radical (unpaired) electrons. The van der Waals surface area contributed by atoms with Gasteiger partial charge in [0.2, 0.25) is 5.95 Å². The third kappa shape index (κ3) is 1.32. The summed E-state index contributed by atoms with van der Waals surface area (Å²) in [4.78, 5) is 3.56. The Balaban J connectivity index is 2.79. The summed E-state index contributed by atoms with van der Waals surface area (Å²) in [7, 11) is 0. The fourth-order valence-electron chi connectivity index (χ4n) is 1.09. The van der Waals surface area contributed by atoms with Gasteiger partial charge < -0.3 is 0 Å². The fourth-order valence-corrected chi connectivity index (χ4v) is 1.46. The molecular formula is C9H5BrFN. The Hall–Kier alpha value is -0.960. The molecule has 0 spiro atoms. The second-order valence-electron chi connectivity index (χ2n) is 2.50. The third-order valence-electron chi connectivity index (χ3n) is 1.65. The highest BCUT2D eigenvalue weighted by atomic mass is 79.9. The van der Waals surface area contributed by atoms with Crippen molar-refractivity contribution in [3.05, 3.63) is 40.9 Å². The zero-order valence-corrected chi connectivity index (χ0v) is 7.68. The van der Waals surface area contributed by atoms with Crippen molar-refractivity contribution >= 4 is 26.7 Å². The van der Waals surface area contributed by atoms with Gasteiger partial charge in [0.05, 0.1) is 0 Å². The maximum atomic E-state index is 12.6. The van der Waals surface area contributed by atoms with Gasteiger partial charge >= 0.3 is 0 Å². The molecule has 0 saturated heterocycles. The molecular weight excluding hydrogens is 221 g/mol. The molecule has 0 aliphatic heterocycles. The van der Waals surface area contributed by atoms with Gasteiger partial charge in [0.25, 0.3) is 0 Å². The Kier molecular flexibility index (Phi) is 1.81. The molecule has 60 valence electrons. The van der Waals surface area contributed by atoms with Crippen LogP contribution in [0.1, 0.15) is 0 Å². The van der Waals surface area contributed by atoms with Crippen LogP contribution in [0, 0.1) is 5.95 Å². The van der Waals surface area contributed by atoms with E-state index < -0.39 is 5.95 Å². The van der Waals surface area contributed by atoms with Crippen molar-refractivity contribution in [3.8, 4) is 0 Å². The van der Waals surface area contributed by atoms with Crippen LogP contribution in [-0.2, 0) is 0 Å². The first-order valence-corrected chi connectivity index (χ1v) is 4.26. The van der Waals surface area contributed by atoms with E-state index in [-0.39, 0.29) is 0 Å². The van der Waals surface area contributed by atoms with Crippen molar-refractivity contribution in [1.29, 1.82) is 0 Å². The highest BCUT2D eigenvalue weighted by molar-refractivity contribution is 9.10. The van der Waals surface area contributed by atoms with E-state index in [1.807, 2.05) is 18.2 Å². The molecule has 1 nitrogen and oxygen atoms in total. The number of nitrogens with zero attached hydrogens (tertiary/aromatic N) is 1. The van der Waals surface area contributed by atoms with Crippen LogP contribution < -0.4 is 0 Å². The second-order valence-corrected chi connectivity index (χ2v) is 3.41. The minimum atomic E-state index is -0.440. The Morgan fingerprint density at radius 1 is 1.17 bits per heavy atom. The normalized spacial score (nSPS) is 10.5. The number of fused-ring (bicyclic) bond motifs is 1. The SMILES string of the molecule is Fc1cc2ccc(Br)cc2cn1. The summed E-state index contributed by atoms with van der Waals surface area (Å²) in [5, 5.41) is 1.80. The average Bonchev–Trinajstić information content (AvgIpc) is 2.05. The van der Waals surface area contributed by atoms with Gasteiger partial charge in [-0.2, -0.15) is 4.39 Å². The zero-order chi connectivity index (χ0) is 8.55. The van der Waals surface area contributed by atoms with Crippen molar-refractivity contribution in [2.24, 2.45) is 0 Å². The van der Waals surface area contributed by atoms with Crippen LogP contribution in [0.3, 0.4) is 0 Å².